The van der Waals surface area contributed by atoms with Gasteiger partial charge in [-0.3, -0.25) is 0 Å². The van der Waals surface area contributed by atoms with E-state index in [1.807, 2.05) is 6.92 Å². The van der Waals surface area contributed by atoms with Crippen molar-refractivity contribution in [1.29, 1.82) is 0 Å². The molecule has 0 aromatic carbocycles. The van der Waals surface area contributed by atoms with Crippen molar-refractivity contribution in [2.45, 2.75) is 26.2 Å². The van der Waals surface area contributed by atoms with Crippen LogP contribution in [0.15, 0.2) is 5.16 Å². The van der Waals surface area contributed by atoms with Crippen molar-refractivity contribution in [3.63, 3.8) is 0 Å². The monoisotopic (exact) mass is 139 g/mol. The topological polar surface area (TPSA) is 21.6 Å². The molecule has 2 heteroatoms. The van der Waals surface area contributed by atoms with Gasteiger partial charge in [0, 0.05) is 12.6 Å². The van der Waals surface area contributed by atoms with Gasteiger partial charge >= 0.3 is 0 Å². The maximum Gasteiger partial charge on any atom is 0.106 e. The van der Waals surface area contributed by atoms with Gasteiger partial charge in [0.2, 0.25) is 0 Å². The third-order valence-corrected chi connectivity index (χ3v) is 0.992. The van der Waals surface area contributed by atoms with Crippen LogP contribution in [0.3, 0.4) is 0 Å². The number of nitrogens with zero attached hydrogens (tertiary/aromatic N) is 1. The fourth-order valence-electron chi connectivity index (χ4n) is 0.534. The van der Waals surface area contributed by atoms with Gasteiger partial charge in [-0.25, -0.2) is 0 Å². The zero-order valence-corrected chi connectivity index (χ0v) is 6.55. The van der Waals surface area contributed by atoms with Crippen molar-refractivity contribution in [2.75, 3.05) is 7.11 Å². The Morgan fingerprint density at radius 1 is 1.60 bits per heavy atom. The molecule has 0 heterocycles. The minimum atomic E-state index is 0.947. The molecule has 0 saturated carbocycles. The summed E-state index contributed by atoms with van der Waals surface area (Å²) in [5.74, 6) is 5.81. The van der Waals surface area contributed by atoms with Crippen LogP contribution in [0, 0.1) is 11.8 Å². The number of rotatable bonds is 4. The van der Waals surface area contributed by atoms with Crippen LogP contribution in [0.25, 0.3) is 0 Å². The number of hydrogen-bond acceptors (Lipinski definition) is 2. The highest BCUT2D eigenvalue weighted by molar-refractivity contribution is 5.56. The summed E-state index contributed by atoms with van der Waals surface area (Å²) in [5.41, 5.74) is 0. The van der Waals surface area contributed by atoms with Gasteiger partial charge < -0.3 is 4.84 Å². The molecule has 0 aromatic heterocycles. The highest BCUT2D eigenvalue weighted by Gasteiger charge is 1.79. The largest absolute Gasteiger partial charge is 0.399 e. The van der Waals surface area contributed by atoms with E-state index in [0.717, 1.165) is 19.3 Å². The molecule has 0 fully saturated rings. The fourth-order valence-corrected chi connectivity index (χ4v) is 0.534. The molecule has 10 heavy (non-hydrogen) atoms. The lowest BCUT2D eigenvalue weighted by molar-refractivity contribution is 0.214. The molecule has 0 atom stereocenters. The van der Waals surface area contributed by atoms with Gasteiger partial charge in [-0.05, 0) is 19.8 Å². The molecule has 0 spiro atoms. The van der Waals surface area contributed by atoms with E-state index in [2.05, 4.69) is 21.8 Å². The first kappa shape index (κ1) is 9.03. The van der Waals surface area contributed by atoms with Gasteiger partial charge in [0.15, 0.2) is 0 Å². The summed E-state index contributed by atoms with van der Waals surface area (Å²) < 4.78 is 0. The van der Waals surface area contributed by atoms with Crippen LogP contribution < -0.4 is 0 Å². The van der Waals surface area contributed by atoms with Gasteiger partial charge in [0.25, 0.3) is 0 Å². The molecule has 0 aromatic rings. The molecule has 0 unspecified atom stereocenters. The second kappa shape index (κ2) is 8.03. The Balaban J connectivity index is 3.02. The van der Waals surface area contributed by atoms with E-state index >= 15 is 0 Å². The lowest BCUT2D eigenvalue weighted by atomic mass is 10.2. The molecular formula is C8H13NO. The summed E-state index contributed by atoms with van der Waals surface area (Å²) in [5, 5.41) is 3.60. The standard InChI is InChI=1S/C8H13NO/c1-3-4-5-6-7-8-9-10-2/h8H,5-7H2,1-2H3/b9-8+. The van der Waals surface area contributed by atoms with E-state index in [9.17, 15) is 0 Å². The Morgan fingerprint density at radius 2 is 2.40 bits per heavy atom. The van der Waals surface area contributed by atoms with Crippen molar-refractivity contribution in [3.05, 3.63) is 0 Å². The Kier molecular flexibility index (Phi) is 7.25. The van der Waals surface area contributed by atoms with Crippen LogP contribution in [0.1, 0.15) is 26.2 Å². The Hall–Kier alpha value is -0.970. The molecule has 0 aliphatic carbocycles. The second-order valence-corrected chi connectivity index (χ2v) is 1.79. The highest BCUT2D eigenvalue weighted by atomic mass is 16.6. The minimum Gasteiger partial charge on any atom is -0.399 e. The summed E-state index contributed by atoms with van der Waals surface area (Å²) in [6, 6.07) is 0. The quantitative estimate of drug-likeness (QED) is 0.252. The Labute approximate surface area is 62.3 Å². The molecule has 0 amide bonds. The molecular weight excluding hydrogens is 126 g/mol. The fraction of sp³-hybridized carbons (Fsp3) is 0.625. The first-order valence-electron chi connectivity index (χ1n) is 3.36. The molecule has 0 radical (unpaired) electrons. The molecule has 0 aliphatic heterocycles. The van der Waals surface area contributed by atoms with E-state index in [1.54, 1.807) is 13.3 Å². The smallest absolute Gasteiger partial charge is 0.106 e. The lowest BCUT2D eigenvalue weighted by Gasteiger charge is -1.86. The second-order valence-electron chi connectivity index (χ2n) is 1.79. The van der Waals surface area contributed by atoms with Crippen LogP contribution in [-0.2, 0) is 4.84 Å². The molecule has 0 aliphatic rings. The Bertz CT molecular complexity index is 141. The molecule has 56 valence electrons. The van der Waals surface area contributed by atoms with Crippen LogP contribution in [0.2, 0.25) is 0 Å². The average Bonchev–Trinajstić information content (AvgIpc) is 1.97. The summed E-state index contributed by atoms with van der Waals surface area (Å²) >= 11 is 0. The maximum absolute atomic E-state index is 4.48. The van der Waals surface area contributed by atoms with Crippen LogP contribution in [0.5, 0.6) is 0 Å². The van der Waals surface area contributed by atoms with E-state index in [4.69, 9.17) is 0 Å². The van der Waals surface area contributed by atoms with E-state index < -0.39 is 0 Å². The number of oxime groups is 1. The predicted octanol–water partition coefficient (Wildman–Crippen LogP) is 1.81. The summed E-state index contributed by atoms with van der Waals surface area (Å²) in [7, 11) is 1.54. The van der Waals surface area contributed by atoms with Crippen molar-refractivity contribution in [1.82, 2.24) is 0 Å². The highest BCUT2D eigenvalue weighted by Crippen LogP contribution is 1.90. The first-order chi connectivity index (χ1) is 4.91. The Morgan fingerprint density at radius 3 is 3.00 bits per heavy atom. The van der Waals surface area contributed by atoms with Crippen LogP contribution in [-0.4, -0.2) is 13.3 Å². The van der Waals surface area contributed by atoms with Gasteiger partial charge in [0.05, 0.1) is 0 Å². The van der Waals surface area contributed by atoms with Crippen LogP contribution in [0.4, 0.5) is 0 Å². The van der Waals surface area contributed by atoms with Gasteiger partial charge in [-0.2, -0.15) is 0 Å². The minimum absolute atomic E-state index is 0.947. The predicted molar refractivity (Wildman–Crippen MR) is 42.8 cm³/mol. The number of unbranched alkanes of at least 4 members (excludes halogenated alkanes) is 2. The zero-order valence-electron chi connectivity index (χ0n) is 6.55. The van der Waals surface area contributed by atoms with Crippen molar-refractivity contribution < 1.29 is 4.84 Å². The third-order valence-electron chi connectivity index (χ3n) is 0.992. The third kappa shape index (κ3) is 7.03. The first-order valence-corrected chi connectivity index (χ1v) is 3.36. The van der Waals surface area contributed by atoms with E-state index in [0.29, 0.717) is 0 Å². The van der Waals surface area contributed by atoms with Crippen molar-refractivity contribution in [2.24, 2.45) is 5.16 Å². The van der Waals surface area contributed by atoms with Crippen molar-refractivity contribution >= 4 is 6.21 Å². The van der Waals surface area contributed by atoms with Gasteiger partial charge in [0.1, 0.15) is 7.11 Å². The molecule has 0 N–H and O–H groups in total. The average molecular weight is 139 g/mol. The maximum atomic E-state index is 4.48. The summed E-state index contributed by atoms with van der Waals surface area (Å²) in [4.78, 5) is 4.48. The normalized spacial score (nSPS) is 9.00. The zero-order chi connectivity index (χ0) is 7.66. The van der Waals surface area contributed by atoms with E-state index in [-0.39, 0.29) is 0 Å². The summed E-state index contributed by atoms with van der Waals surface area (Å²) in [6.45, 7) is 1.85. The molecule has 0 rings (SSSR count). The summed E-state index contributed by atoms with van der Waals surface area (Å²) in [6.07, 6.45) is 4.72. The van der Waals surface area contributed by atoms with E-state index in [1.165, 1.54) is 0 Å². The lowest BCUT2D eigenvalue weighted by Crippen LogP contribution is -1.77. The molecule has 0 bridgehead atoms. The van der Waals surface area contributed by atoms with Gasteiger partial charge in [-0.1, -0.05) is 5.16 Å². The molecule has 2 nitrogen and oxygen atoms in total. The van der Waals surface area contributed by atoms with Gasteiger partial charge in [-0.15, -0.1) is 11.8 Å². The van der Waals surface area contributed by atoms with Crippen molar-refractivity contribution in [3.8, 4) is 11.8 Å². The number of hydrogen-bond donors (Lipinski definition) is 0. The van der Waals surface area contributed by atoms with Crippen LogP contribution >= 0.6 is 0 Å². The SMILES string of the molecule is CC#CCCC/C=N/OC. The molecule has 0 saturated heterocycles.